The molecule has 1 aliphatic rings. The second-order valence-electron chi connectivity index (χ2n) is 6.53. The Morgan fingerprint density at radius 1 is 1.00 bits per heavy atom. The van der Waals surface area contributed by atoms with Gasteiger partial charge in [-0.15, -0.1) is 11.3 Å². The van der Waals surface area contributed by atoms with Crippen LogP contribution in [0.15, 0.2) is 60.7 Å². The van der Waals surface area contributed by atoms with Crippen LogP contribution in [0.2, 0.25) is 0 Å². The van der Waals surface area contributed by atoms with E-state index < -0.39 is 17.8 Å². The molecule has 1 aromatic heterocycles. The van der Waals surface area contributed by atoms with E-state index in [4.69, 9.17) is 0 Å². The summed E-state index contributed by atoms with van der Waals surface area (Å²) in [5.41, 5.74) is 2.58. The number of carbonyl (C=O) groups is 2. The third kappa shape index (κ3) is 3.61. The van der Waals surface area contributed by atoms with Crippen LogP contribution in [-0.4, -0.2) is 16.9 Å². The third-order valence-electron chi connectivity index (χ3n) is 4.77. The van der Waals surface area contributed by atoms with E-state index in [9.17, 15) is 14.7 Å². The van der Waals surface area contributed by atoms with Gasteiger partial charge in [0.25, 0.3) is 0 Å². The molecule has 5 nitrogen and oxygen atoms in total. The number of anilines is 1. The molecule has 2 aromatic carbocycles. The fourth-order valence-corrected chi connectivity index (χ4v) is 4.26. The lowest BCUT2D eigenvalue weighted by atomic mass is 9.82. The Labute approximate surface area is 160 Å². The number of aromatic nitrogens is 1. The summed E-state index contributed by atoms with van der Waals surface area (Å²) < 4.78 is 1.13. The van der Waals surface area contributed by atoms with Crippen LogP contribution in [-0.2, 0) is 9.59 Å². The first kappa shape index (κ1) is 17.4. The number of fused-ring (bicyclic) bond motifs is 1. The van der Waals surface area contributed by atoms with Gasteiger partial charge in [-0.25, -0.2) is 4.98 Å². The molecule has 0 saturated heterocycles. The molecule has 6 heteroatoms. The van der Waals surface area contributed by atoms with Gasteiger partial charge in [0, 0.05) is 23.1 Å². The van der Waals surface area contributed by atoms with Crippen LogP contribution in [0.3, 0.4) is 0 Å². The Morgan fingerprint density at radius 2 is 1.70 bits per heavy atom. The van der Waals surface area contributed by atoms with Gasteiger partial charge in [-0.1, -0.05) is 24.3 Å². The molecule has 136 valence electrons. The number of allylic oxidation sites excluding steroid dienone is 2. The first-order chi connectivity index (χ1) is 13.1. The summed E-state index contributed by atoms with van der Waals surface area (Å²) in [5.74, 6) is -2.85. The van der Waals surface area contributed by atoms with E-state index in [2.05, 4.69) is 10.3 Å². The zero-order valence-corrected chi connectivity index (χ0v) is 15.2. The summed E-state index contributed by atoms with van der Waals surface area (Å²) in [6.45, 7) is 0. The van der Waals surface area contributed by atoms with Crippen molar-refractivity contribution in [2.45, 2.75) is 12.8 Å². The Bertz CT molecular complexity index is 990. The van der Waals surface area contributed by atoms with Crippen molar-refractivity contribution in [1.82, 2.24) is 4.98 Å². The minimum absolute atomic E-state index is 0.290. The fraction of sp³-hybridized carbons (Fsp3) is 0.190. The highest BCUT2D eigenvalue weighted by Crippen LogP contribution is 2.31. The molecule has 0 unspecified atom stereocenters. The summed E-state index contributed by atoms with van der Waals surface area (Å²) in [4.78, 5) is 28.4. The van der Waals surface area contributed by atoms with E-state index in [1.54, 1.807) is 17.4 Å². The zero-order chi connectivity index (χ0) is 18.8. The molecule has 0 fully saturated rings. The molecule has 1 N–H and O–H groups in total. The summed E-state index contributed by atoms with van der Waals surface area (Å²) >= 11 is 1.62. The molecular weight excluding hydrogens is 360 g/mol. The van der Waals surface area contributed by atoms with Crippen molar-refractivity contribution in [1.29, 1.82) is 0 Å². The Balaban J connectivity index is 1.49. The maximum atomic E-state index is 12.5. The number of rotatable bonds is 4. The minimum Gasteiger partial charge on any atom is -0.550 e. The van der Waals surface area contributed by atoms with E-state index in [0.717, 1.165) is 20.8 Å². The second-order valence-corrected chi connectivity index (χ2v) is 7.56. The Kier molecular flexibility index (Phi) is 4.73. The first-order valence-electron chi connectivity index (χ1n) is 8.74. The number of nitrogens with zero attached hydrogens (tertiary/aromatic N) is 1. The normalized spacial score (nSPS) is 19.1. The number of benzene rings is 2. The molecule has 0 aliphatic heterocycles. The lowest BCUT2D eigenvalue weighted by molar-refractivity contribution is -0.313. The summed E-state index contributed by atoms with van der Waals surface area (Å²) in [7, 11) is 0. The van der Waals surface area contributed by atoms with Crippen LogP contribution >= 0.6 is 11.3 Å². The van der Waals surface area contributed by atoms with Gasteiger partial charge < -0.3 is 15.2 Å². The van der Waals surface area contributed by atoms with Crippen molar-refractivity contribution >= 4 is 39.1 Å². The number of thiazole rings is 1. The molecule has 27 heavy (non-hydrogen) atoms. The largest absolute Gasteiger partial charge is 0.550 e. The van der Waals surface area contributed by atoms with E-state index in [0.29, 0.717) is 18.5 Å². The SMILES string of the molecule is O=C([O-])[C@H]1CC=CC[C@H]1C(=O)Nc1ccc(-c2nc3ccccc3s2)cc1. The molecule has 0 bridgehead atoms. The van der Waals surface area contributed by atoms with E-state index in [1.807, 2.05) is 54.6 Å². The van der Waals surface area contributed by atoms with Gasteiger partial charge in [-0.2, -0.15) is 0 Å². The molecular formula is C21H17N2O3S-. The predicted molar refractivity (Wildman–Crippen MR) is 104 cm³/mol. The molecule has 1 heterocycles. The molecule has 1 amide bonds. The number of nitrogens with one attached hydrogen (secondary N) is 1. The van der Waals surface area contributed by atoms with Crippen molar-refractivity contribution in [3.05, 3.63) is 60.7 Å². The third-order valence-corrected chi connectivity index (χ3v) is 5.85. The topological polar surface area (TPSA) is 82.1 Å². The molecule has 0 spiro atoms. The van der Waals surface area contributed by atoms with Crippen molar-refractivity contribution in [2.24, 2.45) is 11.8 Å². The molecule has 0 radical (unpaired) electrons. The predicted octanol–water partition coefficient (Wildman–Crippen LogP) is 3.23. The Hall–Kier alpha value is -2.99. The van der Waals surface area contributed by atoms with Crippen LogP contribution < -0.4 is 10.4 Å². The van der Waals surface area contributed by atoms with Gasteiger partial charge in [0.05, 0.1) is 16.1 Å². The van der Waals surface area contributed by atoms with Gasteiger partial charge in [-0.05, 0) is 49.2 Å². The quantitative estimate of drug-likeness (QED) is 0.708. The van der Waals surface area contributed by atoms with Crippen molar-refractivity contribution < 1.29 is 14.7 Å². The van der Waals surface area contributed by atoms with Gasteiger partial charge in [0.15, 0.2) is 0 Å². The number of carboxylic acids is 1. The first-order valence-corrected chi connectivity index (χ1v) is 9.56. The molecule has 4 rings (SSSR count). The van der Waals surface area contributed by atoms with Crippen molar-refractivity contribution in [3.63, 3.8) is 0 Å². The van der Waals surface area contributed by atoms with E-state index >= 15 is 0 Å². The molecule has 2 atom stereocenters. The number of hydrogen-bond acceptors (Lipinski definition) is 5. The van der Waals surface area contributed by atoms with Crippen LogP contribution in [0.5, 0.6) is 0 Å². The van der Waals surface area contributed by atoms with Gasteiger partial charge in [-0.3, -0.25) is 4.79 Å². The van der Waals surface area contributed by atoms with Gasteiger partial charge >= 0.3 is 0 Å². The smallest absolute Gasteiger partial charge is 0.228 e. The number of aliphatic carboxylic acids is 1. The summed E-state index contributed by atoms with van der Waals surface area (Å²) in [5, 5.41) is 15.0. The zero-order valence-electron chi connectivity index (χ0n) is 14.4. The highest BCUT2D eigenvalue weighted by atomic mass is 32.1. The minimum atomic E-state index is -1.18. The summed E-state index contributed by atoms with van der Waals surface area (Å²) in [6, 6.07) is 15.4. The highest BCUT2D eigenvalue weighted by Gasteiger charge is 2.29. The van der Waals surface area contributed by atoms with E-state index in [-0.39, 0.29) is 5.91 Å². The van der Waals surface area contributed by atoms with Crippen LogP contribution in [0.1, 0.15) is 12.8 Å². The number of para-hydroxylation sites is 1. The lowest BCUT2D eigenvalue weighted by Crippen LogP contribution is -2.41. The summed E-state index contributed by atoms with van der Waals surface area (Å²) in [6.07, 6.45) is 4.38. The lowest BCUT2D eigenvalue weighted by Gasteiger charge is -2.28. The van der Waals surface area contributed by atoms with Crippen molar-refractivity contribution in [3.8, 4) is 10.6 Å². The maximum Gasteiger partial charge on any atom is 0.228 e. The average molecular weight is 377 g/mol. The fourth-order valence-electron chi connectivity index (χ4n) is 3.29. The van der Waals surface area contributed by atoms with Crippen molar-refractivity contribution in [2.75, 3.05) is 5.32 Å². The van der Waals surface area contributed by atoms with Crippen LogP contribution in [0.25, 0.3) is 20.8 Å². The van der Waals surface area contributed by atoms with E-state index in [1.165, 1.54) is 0 Å². The number of hydrogen-bond donors (Lipinski definition) is 1. The second kappa shape index (κ2) is 7.32. The Morgan fingerprint density at radius 3 is 2.41 bits per heavy atom. The maximum absolute atomic E-state index is 12.5. The van der Waals surface area contributed by atoms with Crippen LogP contribution in [0.4, 0.5) is 5.69 Å². The molecule has 1 aliphatic carbocycles. The number of carbonyl (C=O) groups excluding carboxylic acids is 2. The van der Waals surface area contributed by atoms with Crippen LogP contribution in [0, 0.1) is 11.8 Å². The molecule has 3 aromatic rings. The molecule has 0 saturated carbocycles. The van der Waals surface area contributed by atoms with Gasteiger partial charge in [0.2, 0.25) is 5.91 Å². The number of amides is 1. The van der Waals surface area contributed by atoms with Gasteiger partial charge in [0.1, 0.15) is 5.01 Å². The highest BCUT2D eigenvalue weighted by molar-refractivity contribution is 7.21. The average Bonchev–Trinajstić information content (AvgIpc) is 3.12. The standard InChI is InChI=1S/C21H18N2O3S/c24-19(15-5-1-2-6-16(15)21(25)26)22-14-11-9-13(10-12-14)20-23-17-7-3-4-8-18(17)27-20/h1-4,7-12,15-16H,5-6H2,(H,22,24)(H,25,26)/p-1/t15-,16+/m1/s1. The number of carboxylic acid groups (broad SMARTS) is 1. The monoisotopic (exact) mass is 377 g/mol.